The van der Waals surface area contributed by atoms with Gasteiger partial charge in [-0.25, -0.2) is 4.99 Å². The number of aliphatic imine (C=N–C) groups is 1. The zero-order valence-corrected chi connectivity index (χ0v) is 11.1. The van der Waals surface area contributed by atoms with E-state index in [0.29, 0.717) is 8.52 Å². The van der Waals surface area contributed by atoms with Gasteiger partial charge in [0.2, 0.25) is 4.38 Å². The van der Waals surface area contributed by atoms with Gasteiger partial charge < -0.3 is 5.21 Å². The van der Waals surface area contributed by atoms with E-state index in [4.69, 9.17) is 0 Å². The molecule has 0 aromatic heterocycles. The molecule has 0 aliphatic carbocycles. The second kappa shape index (κ2) is 4.93. The second-order valence-corrected chi connectivity index (χ2v) is 6.69. The average molecular weight is 268 g/mol. The summed E-state index contributed by atoms with van der Waals surface area (Å²) in [5.41, 5.74) is 0.807. The molecule has 2 rings (SSSR count). The van der Waals surface area contributed by atoms with Crippen molar-refractivity contribution in [3.63, 3.8) is 0 Å². The number of benzene rings is 1. The summed E-state index contributed by atoms with van der Waals surface area (Å²) >= 11 is 0. The van der Waals surface area contributed by atoms with Gasteiger partial charge >= 0.3 is 11.0 Å². The van der Waals surface area contributed by atoms with Crippen LogP contribution < -0.4 is 0 Å². The highest BCUT2D eigenvalue weighted by Gasteiger charge is 2.28. The van der Waals surface area contributed by atoms with Crippen molar-refractivity contribution in [2.75, 3.05) is 0 Å². The van der Waals surface area contributed by atoms with Crippen LogP contribution in [0, 0.1) is 5.21 Å². The van der Waals surface area contributed by atoms with E-state index in [2.05, 4.69) is 4.99 Å². The highest BCUT2D eigenvalue weighted by Crippen LogP contribution is 2.43. The summed E-state index contributed by atoms with van der Waals surface area (Å²) < 4.78 is 12.8. The fourth-order valence-corrected chi connectivity index (χ4v) is 4.81. The predicted molar refractivity (Wildman–Crippen MR) is 74.6 cm³/mol. The largest absolute Gasteiger partial charge is 0.609 e. The molecule has 17 heavy (non-hydrogen) atoms. The van der Waals surface area contributed by atoms with Crippen LogP contribution in [0.4, 0.5) is 5.69 Å². The minimum absolute atomic E-state index is 0.432. The molecule has 6 heteroatoms. The number of nitrogens with zero attached hydrogens (tertiary/aromatic N) is 2. The Labute approximate surface area is 105 Å². The fourth-order valence-electron chi connectivity index (χ4n) is 1.49. The Kier molecular flexibility index (Phi) is 3.54. The van der Waals surface area contributed by atoms with Crippen molar-refractivity contribution in [3.05, 3.63) is 29.5 Å². The van der Waals surface area contributed by atoms with Gasteiger partial charge in [-0.05, 0) is 19.1 Å². The molecule has 0 radical (unpaired) electrons. The van der Waals surface area contributed by atoms with E-state index in [9.17, 15) is 9.42 Å². The minimum atomic E-state index is -1.74. The third-order valence-corrected chi connectivity index (χ3v) is 5.91. The van der Waals surface area contributed by atoms with Crippen LogP contribution in [0.25, 0.3) is 0 Å². The van der Waals surface area contributed by atoms with Crippen LogP contribution >= 0.6 is 10.5 Å². The van der Waals surface area contributed by atoms with Crippen LogP contribution in [-0.2, 0) is 11.0 Å². The summed E-state index contributed by atoms with van der Waals surface area (Å²) in [7, 11) is -2.18. The van der Waals surface area contributed by atoms with Crippen molar-refractivity contribution in [1.29, 1.82) is 0 Å². The van der Waals surface area contributed by atoms with E-state index in [1.165, 1.54) is 6.21 Å². The van der Waals surface area contributed by atoms with Gasteiger partial charge in [-0.2, -0.15) is 4.21 Å². The first kappa shape index (κ1) is 12.2. The first-order valence-electron chi connectivity index (χ1n) is 5.07. The monoisotopic (exact) mass is 268 g/mol. The first-order valence-corrected chi connectivity index (χ1v) is 7.46. The number of hydrogen-bond acceptors (Lipinski definition) is 3. The van der Waals surface area contributed by atoms with Crippen molar-refractivity contribution in [2.24, 2.45) is 4.99 Å². The Morgan fingerprint density at radius 3 is 2.76 bits per heavy atom. The number of hydrogen-bond donors (Lipinski definition) is 0. The van der Waals surface area contributed by atoms with E-state index in [0.717, 1.165) is 10.6 Å². The Morgan fingerprint density at radius 2 is 2.12 bits per heavy atom. The lowest BCUT2D eigenvalue weighted by atomic mass is 10.3. The standard InChI is InChI=1S/C11H12N2O2S2/c1-3-13(14)17(15)11-12-9-7-5-6-8-10(9)16(11)4-2/h3-8H,1-2H3. The van der Waals surface area contributed by atoms with Gasteiger partial charge in [0.15, 0.2) is 6.21 Å². The SMILES string of the molecule is CC=[N+]([O-])S(=O)C1=Nc2ccccc2S1=CC. The Morgan fingerprint density at radius 1 is 1.41 bits per heavy atom. The van der Waals surface area contributed by atoms with Gasteiger partial charge in [0.1, 0.15) is 0 Å². The van der Waals surface area contributed by atoms with Crippen molar-refractivity contribution in [2.45, 2.75) is 18.7 Å². The Bertz CT molecular complexity index is 577. The summed E-state index contributed by atoms with van der Waals surface area (Å²) in [5.74, 6) is 0. The molecule has 1 heterocycles. The summed E-state index contributed by atoms with van der Waals surface area (Å²) in [6.45, 7) is 3.45. The Hall–Kier alpha value is -1.27. The van der Waals surface area contributed by atoms with E-state index in [1.54, 1.807) is 6.92 Å². The molecule has 2 atom stereocenters. The summed E-state index contributed by atoms with van der Waals surface area (Å²) in [5, 5.41) is 13.3. The molecule has 0 fully saturated rings. The highest BCUT2D eigenvalue weighted by atomic mass is 32.2. The maximum Gasteiger partial charge on any atom is 0.352 e. The molecule has 1 aromatic carbocycles. The molecule has 0 amide bonds. The van der Waals surface area contributed by atoms with Crippen LogP contribution in [0.2, 0.25) is 0 Å². The van der Waals surface area contributed by atoms with Crippen LogP contribution in [0.1, 0.15) is 13.8 Å². The Balaban J connectivity index is 2.51. The molecule has 4 nitrogen and oxygen atoms in total. The molecular formula is C11H12N2O2S2. The number of rotatable bonds is 1. The van der Waals surface area contributed by atoms with Crippen molar-refractivity contribution < 1.29 is 8.35 Å². The average Bonchev–Trinajstić information content (AvgIpc) is 2.75. The van der Waals surface area contributed by atoms with Crippen LogP contribution in [0.3, 0.4) is 0 Å². The number of para-hydroxylation sites is 1. The molecule has 0 bridgehead atoms. The van der Waals surface area contributed by atoms with E-state index < -0.39 is 21.5 Å². The van der Waals surface area contributed by atoms with Crippen molar-refractivity contribution in [3.8, 4) is 0 Å². The second-order valence-electron chi connectivity index (χ2n) is 3.21. The maximum atomic E-state index is 12.0. The molecule has 0 spiro atoms. The van der Waals surface area contributed by atoms with E-state index >= 15 is 0 Å². The molecule has 1 aromatic rings. The van der Waals surface area contributed by atoms with Gasteiger partial charge in [0, 0.05) is 11.8 Å². The van der Waals surface area contributed by atoms with Gasteiger partial charge in [0.05, 0.1) is 5.69 Å². The molecular weight excluding hydrogens is 256 g/mol. The van der Waals surface area contributed by atoms with Gasteiger partial charge in [-0.3, -0.25) is 0 Å². The van der Waals surface area contributed by atoms with E-state index in [-0.39, 0.29) is 0 Å². The summed E-state index contributed by atoms with van der Waals surface area (Å²) in [6.07, 6.45) is 1.25. The summed E-state index contributed by atoms with van der Waals surface area (Å²) in [6, 6.07) is 7.63. The molecule has 1 aliphatic heterocycles. The highest BCUT2D eigenvalue weighted by molar-refractivity contribution is 8.41. The molecule has 0 saturated carbocycles. The third kappa shape index (κ3) is 2.10. The maximum absolute atomic E-state index is 12.0. The van der Waals surface area contributed by atoms with Gasteiger partial charge in [0.25, 0.3) is 0 Å². The quantitative estimate of drug-likeness (QED) is 0.196. The topological polar surface area (TPSA) is 55.5 Å². The van der Waals surface area contributed by atoms with Crippen LogP contribution in [0.15, 0.2) is 34.2 Å². The van der Waals surface area contributed by atoms with Gasteiger partial charge in [-0.15, -0.1) is 4.14 Å². The zero-order valence-electron chi connectivity index (χ0n) is 9.49. The molecule has 0 saturated heterocycles. The molecule has 2 unspecified atom stereocenters. The van der Waals surface area contributed by atoms with Crippen molar-refractivity contribution >= 4 is 43.1 Å². The summed E-state index contributed by atoms with van der Waals surface area (Å²) in [4.78, 5) is 5.34. The van der Waals surface area contributed by atoms with Gasteiger partial charge in [-0.1, -0.05) is 28.0 Å². The molecule has 0 N–H and O–H groups in total. The normalized spacial score (nSPS) is 21.2. The van der Waals surface area contributed by atoms with Crippen molar-refractivity contribution in [1.82, 2.24) is 0 Å². The zero-order chi connectivity index (χ0) is 12.4. The van der Waals surface area contributed by atoms with Crippen LogP contribution in [-0.4, -0.2) is 24.3 Å². The lowest BCUT2D eigenvalue weighted by Gasteiger charge is -2.04. The van der Waals surface area contributed by atoms with Crippen LogP contribution in [0.5, 0.6) is 0 Å². The van der Waals surface area contributed by atoms with E-state index in [1.807, 2.05) is 36.6 Å². The predicted octanol–water partition coefficient (Wildman–Crippen LogP) is 2.40. The molecule has 90 valence electrons. The minimum Gasteiger partial charge on any atom is -0.609 e. The third-order valence-electron chi connectivity index (χ3n) is 2.26. The fraction of sp³-hybridized carbons (Fsp3) is 0.182. The lowest BCUT2D eigenvalue weighted by Crippen LogP contribution is -2.15. The smallest absolute Gasteiger partial charge is 0.352 e. The number of fused-ring (bicyclic) bond motifs is 1. The molecule has 1 aliphatic rings. The lowest BCUT2D eigenvalue weighted by molar-refractivity contribution is -0.261. The first-order chi connectivity index (χ1) is 8.19.